The first kappa shape index (κ1) is 13.1. The lowest BCUT2D eigenvalue weighted by atomic mass is 10.1. The fourth-order valence-electron chi connectivity index (χ4n) is 1.68. The van der Waals surface area contributed by atoms with Gasteiger partial charge in [0.15, 0.2) is 5.54 Å². The van der Waals surface area contributed by atoms with E-state index in [2.05, 4.69) is 5.10 Å². The molecule has 0 aliphatic carbocycles. The molecule has 1 aromatic carbocycles. The number of aromatic nitrogens is 2. The largest absolute Gasteiger partial charge is 0.497 e. The van der Waals surface area contributed by atoms with Crippen molar-refractivity contribution < 1.29 is 14.6 Å². The number of nitrogens with zero attached hydrogens (tertiary/aromatic N) is 2. The third-order valence-corrected chi connectivity index (χ3v) is 3.08. The Morgan fingerprint density at radius 1 is 1.37 bits per heavy atom. The third kappa shape index (κ3) is 2.45. The maximum atomic E-state index is 11.2. The molecule has 0 aliphatic rings. The second-order valence-corrected chi connectivity index (χ2v) is 4.77. The van der Waals surface area contributed by atoms with Gasteiger partial charge in [-0.2, -0.15) is 5.10 Å². The van der Waals surface area contributed by atoms with Crippen molar-refractivity contribution in [3.05, 3.63) is 36.7 Å². The predicted molar refractivity (Wildman–Crippen MR) is 71.2 cm³/mol. The van der Waals surface area contributed by atoms with E-state index >= 15 is 0 Å². The van der Waals surface area contributed by atoms with E-state index in [9.17, 15) is 9.90 Å². The van der Waals surface area contributed by atoms with Crippen molar-refractivity contribution in [1.82, 2.24) is 9.78 Å². The van der Waals surface area contributed by atoms with E-state index in [1.807, 2.05) is 24.3 Å². The molecule has 0 bridgehead atoms. The zero-order valence-corrected chi connectivity index (χ0v) is 11.1. The van der Waals surface area contributed by atoms with Gasteiger partial charge in [0.2, 0.25) is 0 Å². The molecule has 0 fully saturated rings. The Balaban J connectivity index is 2.38. The molecule has 0 saturated carbocycles. The summed E-state index contributed by atoms with van der Waals surface area (Å²) in [4.78, 5) is 11.2. The van der Waals surface area contributed by atoms with Gasteiger partial charge in [-0.1, -0.05) is 12.1 Å². The zero-order valence-electron chi connectivity index (χ0n) is 11.1. The second-order valence-electron chi connectivity index (χ2n) is 4.77. The molecule has 0 spiro atoms. The highest BCUT2D eigenvalue weighted by atomic mass is 16.5. The predicted octanol–water partition coefficient (Wildman–Crippen LogP) is 2.38. The fraction of sp³-hybridized carbons (Fsp3) is 0.286. The lowest BCUT2D eigenvalue weighted by molar-refractivity contribution is -0.146. The van der Waals surface area contributed by atoms with Crippen LogP contribution < -0.4 is 4.74 Å². The van der Waals surface area contributed by atoms with E-state index in [0.717, 1.165) is 16.9 Å². The van der Waals surface area contributed by atoms with Crippen molar-refractivity contribution in [1.29, 1.82) is 0 Å². The number of hydrogen-bond acceptors (Lipinski definition) is 3. The van der Waals surface area contributed by atoms with Crippen molar-refractivity contribution in [2.75, 3.05) is 7.11 Å². The van der Waals surface area contributed by atoms with Gasteiger partial charge in [-0.25, -0.2) is 4.79 Å². The lowest BCUT2D eigenvalue weighted by Crippen LogP contribution is -2.35. The van der Waals surface area contributed by atoms with Crippen LogP contribution in [0.2, 0.25) is 0 Å². The highest BCUT2D eigenvalue weighted by molar-refractivity contribution is 5.76. The molecule has 0 unspecified atom stereocenters. The van der Waals surface area contributed by atoms with Crippen molar-refractivity contribution in [2.45, 2.75) is 19.4 Å². The normalized spacial score (nSPS) is 11.3. The Kier molecular flexibility index (Phi) is 3.29. The molecular formula is C14H16N2O3. The second kappa shape index (κ2) is 4.76. The summed E-state index contributed by atoms with van der Waals surface area (Å²) in [6.07, 6.45) is 3.38. The topological polar surface area (TPSA) is 64.4 Å². The minimum Gasteiger partial charge on any atom is -0.497 e. The van der Waals surface area contributed by atoms with Gasteiger partial charge in [-0.15, -0.1) is 0 Å². The molecule has 0 atom stereocenters. The number of benzene rings is 1. The first-order valence-corrected chi connectivity index (χ1v) is 5.88. The van der Waals surface area contributed by atoms with Crippen LogP contribution in [-0.4, -0.2) is 28.0 Å². The Hall–Kier alpha value is -2.30. The molecule has 19 heavy (non-hydrogen) atoms. The van der Waals surface area contributed by atoms with Crippen LogP contribution in [0.15, 0.2) is 36.7 Å². The molecule has 5 heteroatoms. The monoisotopic (exact) mass is 260 g/mol. The average molecular weight is 260 g/mol. The van der Waals surface area contributed by atoms with Gasteiger partial charge < -0.3 is 9.84 Å². The summed E-state index contributed by atoms with van der Waals surface area (Å²) >= 11 is 0. The van der Waals surface area contributed by atoms with Gasteiger partial charge in [0.1, 0.15) is 5.75 Å². The zero-order chi connectivity index (χ0) is 14.0. The van der Waals surface area contributed by atoms with E-state index < -0.39 is 11.5 Å². The Bertz CT molecular complexity index is 602. The van der Waals surface area contributed by atoms with Crippen LogP contribution in [0.3, 0.4) is 0 Å². The number of carboxylic acid groups (broad SMARTS) is 1. The highest BCUT2D eigenvalue weighted by Crippen LogP contribution is 2.25. The SMILES string of the molecule is COc1cccc(-c2cnn(C(C)(C)C(=O)O)c2)c1. The van der Waals surface area contributed by atoms with Gasteiger partial charge in [-0.05, 0) is 31.5 Å². The third-order valence-electron chi connectivity index (χ3n) is 3.08. The highest BCUT2D eigenvalue weighted by Gasteiger charge is 2.30. The summed E-state index contributed by atoms with van der Waals surface area (Å²) < 4.78 is 6.62. The smallest absolute Gasteiger partial charge is 0.331 e. The maximum Gasteiger partial charge on any atom is 0.331 e. The number of methoxy groups -OCH3 is 1. The van der Waals surface area contributed by atoms with E-state index in [-0.39, 0.29) is 0 Å². The fourth-order valence-corrected chi connectivity index (χ4v) is 1.68. The molecule has 2 aromatic rings. The van der Waals surface area contributed by atoms with Crippen molar-refractivity contribution in [3.63, 3.8) is 0 Å². The van der Waals surface area contributed by atoms with Gasteiger partial charge in [-0.3, -0.25) is 4.68 Å². The average Bonchev–Trinajstić information content (AvgIpc) is 2.89. The Morgan fingerprint density at radius 2 is 2.11 bits per heavy atom. The van der Waals surface area contributed by atoms with E-state index in [0.29, 0.717) is 0 Å². The van der Waals surface area contributed by atoms with E-state index in [1.54, 1.807) is 33.4 Å². The van der Waals surface area contributed by atoms with Gasteiger partial charge in [0.05, 0.1) is 13.3 Å². The van der Waals surface area contributed by atoms with Crippen LogP contribution in [-0.2, 0) is 10.3 Å². The molecule has 100 valence electrons. The molecule has 0 saturated heterocycles. The quantitative estimate of drug-likeness (QED) is 0.916. The summed E-state index contributed by atoms with van der Waals surface area (Å²) in [7, 11) is 1.61. The summed E-state index contributed by atoms with van der Waals surface area (Å²) in [5, 5.41) is 13.3. The number of carboxylic acids is 1. The molecule has 0 radical (unpaired) electrons. The molecule has 0 amide bonds. The molecule has 5 nitrogen and oxygen atoms in total. The van der Waals surface area contributed by atoms with E-state index in [1.165, 1.54) is 4.68 Å². The molecule has 1 aromatic heterocycles. The number of hydrogen-bond donors (Lipinski definition) is 1. The van der Waals surface area contributed by atoms with Crippen LogP contribution in [0.4, 0.5) is 0 Å². The molecule has 1 heterocycles. The summed E-state index contributed by atoms with van der Waals surface area (Å²) in [6.45, 7) is 3.22. The van der Waals surface area contributed by atoms with Gasteiger partial charge >= 0.3 is 5.97 Å². The molecule has 2 rings (SSSR count). The van der Waals surface area contributed by atoms with Crippen LogP contribution in [0, 0.1) is 0 Å². The van der Waals surface area contributed by atoms with Gasteiger partial charge in [0, 0.05) is 11.8 Å². The van der Waals surface area contributed by atoms with Gasteiger partial charge in [0.25, 0.3) is 0 Å². The number of carbonyl (C=O) groups is 1. The summed E-state index contributed by atoms with van der Waals surface area (Å²) in [5.41, 5.74) is 0.719. The molecule has 0 aliphatic heterocycles. The van der Waals surface area contributed by atoms with E-state index in [4.69, 9.17) is 4.74 Å². The van der Waals surface area contributed by atoms with Crippen LogP contribution in [0.25, 0.3) is 11.1 Å². The number of ether oxygens (including phenoxy) is 1. The maximum absolute atomic E-state index is 11.2. The first-order chi connectivity index (χ1) is 8.95. The Labute approximate surface area is 111 Å². The molecular weight excluding hydrogens is 244 g/mol. The number of rotatable bonds is 4. The van der Waals surface area contributed by atoms with Crippen molar-refractivity contribution in [2.24, 2.45) is 0 Å². The summed E-state index contributed by atoms with van der Waals surface area (Å²) in [6, 6.07) is 7.55. The minimum atomic E-state index is -1.07. The van der Waals surface area contributed by atoms with Crippen LogP contribution in [0.5, 0.6) is 5.75 Å². The van der Waals surface area contributed by atoms with Crippen molar-refractivity contribution >= 4 is 5.97 Å². The van der Waals surface area contributed by atoms with Crippen molar-refractivity contribution in [3.8, 4) is 16.9 Å². The van der Waals surface area contributed by atoms with Crippen LogP contribution in [0.1, 0.15) is 13.8 Å². The first-order valence-electron chi connectivity index (χ1n) is 5.88. The Morgan fingerprint density at radius 3 is 2.74 bits per heavy atom. The minimum absolute atomic E-state index is 0.753. The lowest BCUT2D eigenvalue weighted by Gasteiger charge is -2.19. The molecule has 1 N–H and O–H groups in total. The number of aliphatic carboxylic acids is 1. The van der Waals surface area contributed by atoms with Crippen LogP contribution >= 0.6 is 0 Å². The standard InChI is InChI=1S/C14H16N2O3/c1-14(2,13(17)18)16-9-11(8-15-16)10-5-4-6-12(7-10)19-3/h4-9H,1-3H3,(H,17,18). The summed E-state index contributed by atoms with van der Waals surface area (Å²) in [5.74, 6) is -0.171.